The van der Waals surface area contributed by atoms with Crippen LogP contribution in [0.25, 0.3) is 0 Å². The van der Waals surface area contributed by atoms with Crippen LogP contribution in [0.3, 0.4) is 0 Å². The molecule has 0 unspecified atom stereocenters. The van der Waals surface area contributed by atoms with Gasteiger partial charge in [-0.1, -0.05) is 134 Å². The summed E-state index contributed by atoms with van der Waals surface area (Å²) < 4.78 is 5.14. The summed E-state index contributed by atoms with van der Waals surface area (Å²) in [4.78, 5) is 0. The molecule has 1 heterocycles. The molecular formula is C33H57N2+. The van der Waals surface area contributed by atoms with Gasteiger partial charge in [-0.3, -0.25) is 0 Å². The van der Waals surface area contributed by atoms with Crippen LogP contribution in [0.1, 0.15) is 141 Å². The maximum Gasteiger partial charge on any atom is 0.256 e. The Hall–Kier alpha value is -1.57. The minimum Gasteiger partial charge on any atom is -0.234 e. The summed E-state index contributed by atoms with van der Waals surface area (Å²) in [7, 11) is 0. The molecule has 0 saturated heterocycles. The minimum atomic E-state index is 1.14. The van der Waals surface area contributed by atoms with E-state index in [0.29, 0.717) is 0 Å². The van der Waals surface area contributed by atoms with Crippen molar-refractivity contribution in [1.82, 2.24) is 4.57 Å². The monoisotopic (exact) mass is 481 g/mol. The SMILES string of the molecule is CCCCCCCCCCCCCCc1n(CCCCCCC)cc[n+]1CCCc1ccccc1. The van der Waals surface area contributed by atoms with Crippen molar-refractivity contribution in [3.8, 4) is 0 Å². The van der Waals surface area contributed by atoms with Crippen molar-refractivity contribution in [2.45, 2.75) is 155 Å². The Labute approximate surface area is 218 Å². The van der Waals surface area contributed by atoms with Gasteiger partial charge in [-0.15, -0.1) is 0 Å². The van der Waals surface area contributed by atoms with E-state index < -0.39 is 0 Å². The summed E-state index contributed by atoms with van der Waals surface area (Å²) in [5.74, 6) is 1.57. The number of imidazole rings is 1. The molecule has 1 aromatic carbocycles. The van der Waals surface area contributed by atoms with Crippen molar-refractivity contribution < 1.29 is 4.57 Å². The molecular weight excluding hydrogens is 424 g/mol. The molecule has 0 radical (unpaired) electrons. The predicted molar refractivity (Wildman–Crippen MR) is 153 cm³/mol. The molecule has 0 spiro atoms. The third kappa shape index (κ3) is 13.9. The van der Waals surface area contributed by atoms with Crippen molar-refractivity contribution in [3.05, 3.63) is 54.1 Å². The average molecular weight is 482 g/mol. The van der Waals surface area contributed by atoms with E-state index in [0.717, 1.165) is 6.54 Å². The number of aryl methyl sites for hydroxylation is 3. The first-order chi connectivity index (χ1) is 17.3. The van der Waals surface area contributed by atoms with Crippen LogP contribution in [-0.4, -0.2) is 4.57 Å². The fourth-order valence-corrected chi connectivity index (χ4v) is 5.30. The third-order valence-corrected chi connectivity index (χ3v) is 7.55. The Morgan fingerprint density at radius 2 is 1.11 bits per heavy atom. The van der Waals surface area contributed by atoms with Crippen LogP contribution in [0.2, 0.25) is 0 Å². The topological polar surface area (TPSA) is 8.81 Å². The maximum atomic E-state index is 2.58. The molecule has 2 heteroatoms. The Bertz CT molecular complexity index is 718. The second-order valence-corrected chi connectivity index (χ2v) is 10.7. The Kier molecular flexibility index (Phi) is 17.5. The quantitative estimate of drug-likeness (QED) is 0.110. The first-order valence-corrected chi connectivity index (χ1v) is 15.5. The smallest absolute Gasteiger partial charge is 0.234 e. The Morgan fingerprint density at radius 1 is 0.571 bits per heavy atom. The molecule has 0 aliphatic carbocycles. The van der Waals surface area contributed by atoms with Gasteiger partial charge in [0.05, 0.1) is 13.1 Å². The molecule has 0 aliphatic heterocycles. The summed E-state index contributed by atoms with van der Waals surface area (Å²) in [6, 6.07) is 11.0. The molecule has 1 aromatic heterocycles. The number of benzene rings is 1. The fraction of sp³-hybridized carbons (Fsp3) is 0.727. The number of hydrogen-bond acceptors (Lipinski definition) is 0. The van der Waals surface area contributed by atoms with E-state index in [2.05, 4.69) is 65.7 Å². The summed E-state index contributed by atoms with van der Waals surface area (Å²) in [5, 5.41) is 0. The summed E-state index contributed by atoms with van der Waals surface area (Å²) in [6.45, 7) is 6.95. The van der Waals surface area contributed by atoms with E-state index in [9.17, 15) is 0 Å². The number of aromatic nitrogens is 2. The van der Waals surface area contributed by atoms with Crippen LogP contribution in [-0.2, 0) is 25.9 Å². The Morgan fingerprint density at radius 3 is 1.71 bits per heavy atom. The normalized spacial score (nSPS) is 11.4. The second kappa shape index (κ2) is 20.6. The van der Waals surface area contributed by atoms with Gasteiger partial charge in [0.15, 0.2) is 0 Å². The van der Waals surface area contributed by atoms with Gasteiger partial charge in [-0.05, 0) is 37.7 Å². The lowest BCUT2D eigenvalue weighted by Crippen LogP contribution is -2.37. The fourth-order valence-electron chi connectivity index (χ4n) is 5.30. The minimum absolute atomic E-state index is 1.14. The summed E-state index contributed by atoms with van der Waals surface area (Å²) >= 11 is 0. The lowest BCUT2D eigenvalue weighted by atomic mass is 10.0. The zero-order chi connectivity index (χ0) is 24.8. The van der Waals surface area contributed by atoms with Gasteiger partial charge < -0.3 is 0 Å². The van der Waals surface area contributed by atoms with Crippen molar-refractivity contribution in [2.75, 3.05) is 0 Å². The molecule has 2 rings (SSSR count). The van der Waals surface area contributed by atoms with E-state index in [4.69, 9.17) is 0 Å². The molecule has 0 saturated carbocycles. The predicted octanol–water partition coefficient (Wildman–Crippen LogP) is 9.62. The molecule has 2 aromatic rings. The molecule has 0 bridgehead atoms. The van der Waals surface area contributed by atoms with Crippen LogP contribution < -0.4 is 4.57 Å². The van der Waals surface area contributed by atoms with Gasteiger partial charge in [-0.2, -0.15) is 0 Å². The number of nitrogens with zero attached hydrogens (tertiary/aromatic N) is 2. The molecule has 0 aliphatic rings. The standard InChI is InChI=1S/C33H57N2/c1-3-5-7-9-10-11-12-13-14-15-16-21-27-33-34(28-22-17-8-6-4-2)30-31-35(33)29-23-26-32-24-19-18-20-25-32/h18-20,24-25,30-31H,3-17,21-23,26-29H2,1-2H3/q+1. The largest absolute Gasteiger partial charge is 0.256 e. The van der Waals surface area contributed by atoms with Gasteiger partial charge in [0.2, 0.25) is 0 Å². The lowest BCUT2D eigenvalue weighted by Gasteiger charge is -2.07. The van der Waals surface area contributed by atoms with Crippen molar-refractivity contribution >= 4 is 0 Å². The zero-order valence-corrected chi connectivity index (χ0v) is 23.5. The first-order valence-electron chi connectivity index (χ1n) is 15.5. The number of unbranched alkanes of at least 4 members (excludes halogenated alkanes) is 15. The average Bonchev–Trinajstić information content (AvgIpc) is 3.26. The van der Waals surface area contributed by atoms with Crippen LogP contribution in [0, 0.1) is 0 Å². The summed E-state index contributed by atoms with van der Waals surface area (Å²) in [5.41, 5.74) is 1.46. The first kappa shape index (κ1) is 29.7. The van der Waals surface area contributed by atoms with E-state index >= 15 is 0 Å². The van der Waals surface area contributed by atoms with Crippen LogP contribution in [0.15, 0.2) is 42.7 Å². The second-order valence-electron chi connectivity index (χ2n) is 10.7. The molecule has 0 amide bonds. The van der Waals surface area contributed by atoms with E-state index in [1.807, 2.05) is 0 Å². The van der Waals surface area contributed by atoms with Crippen LogP contribution in [0.4, 0.5) is 0 Å². The highest BCUT2D eigenvalue weighted by Gasteiger charge is 2.16. The summed E-state index contributed by atoms with van der Waals surface area (Å²) in [6.07, 6.45) is 32.2. The highest BCUT2D eigenvalue weighted by Crippen LogP contribution is 2.14. The Balaban J connectivity index is 1.69. The van der Waals surface area contributed by atoms with Gasteiger partial charge in [0.25, 0.3) is 5.82 Å². The third-order valence-electron chi connectivity index (χ3n) is 7.55. The van der Waals surface area contributed by atoms with E-state index in [1.54, 1.807) is 5.82 Å². The van der Waals surface area contributed by atoms with Gasteiger partial charge in [0, 0.05) is 6.42 Å². The zero-order valence-electron chi connectivity index (χ0n) is 23.5. The maximum absolute atomic E-state index is 2.58. The molecule has 0 N–H and O–H groups in total. The molecule has 35 heavy (non-hydrogen) atoms. The van der Waals surface area contributed by atoms with E-state index in [-0.39, 0.29) is 0 Å². The van der Waals surface area contributed by atoms with Gasteiger partial charge in [-0.25, -0.2) is 9.13 Å². The molecule has 0 fully saturated rings. The highest BCUT2D eigenvalue weighted by molar-refractivity contribution is 5.14. The molecule has 2 nitrogen and oxygen atoms in total. The lowest BCUT2D eigenvalue weighted by molar-refractivity contribution is -0.704. The van der Waals surface area contributed by atoms with Crippen LogP contribution >= 0.6 is 0 Å². The van der Waals surface area contributed by atoms with Gasteiger partial charge in [0.1, 0.15) is 12.4 Å². The van der Waals surface area contributed by atoms with Gasteiger partial charge >= 0.3 is 0 Å². The van der Waals surface area contributed by atoms with Crippen molar-refractivity contribution in [1.29, 1.82) is 0 Å². The van der Waals surface area contributed by atoms with Crippen molar-refractivity contribution in [2.24, 2.45) is 0 Å². The van der Waals surface area contributed by atoms with E-state index in [1.165, 1.54) is 141 Å². The highest BCUT2D eigenvalue weighted by atomic mass is 15.1. The molecule has 0 atom stereocenters. The van der Waals surface area contributed by atoms with Crippen LogP contribution in [0.5, 0.6) is 0 Å². The molecule has 198 valence electrons. The van der Waals surface area contributed by atoms with Crippen molar-refractivity contribution in [3.63, 3.8) is 0 Å². The number of rotatable bonds is 23. The number of hydrogen-bond donors (Lipinski definition) is 0.